The molecule has 1 nitrogen and oxygen atoms in total. The Morgan fingerprint density at radius 1 is 0.408 bits per heavy atom. The number of fused-ring (bicyclic) bond motifs is 7. The number of hydrogen-bond donors (Lipinski definition) is 0. The molecule has 0 saturated heterocycles. The SMILES string of the molecule is C1=Cc2c(c3ccccc3n2-c2ccc(-c3ccc4c(ccc5cc(-c6cc7ccccc7cc6-c6ccccc6)ccc54)c3)cc2)CC1. The Morgan fingerprint density at radius 3 is 1.78 bits per heavy atom. The van der Waals surface area contributed by atoms with Gasteiger partial charge in [-0.1, -0.05) is 127 Å². The lowest BCUT2D eigenvalue weighted by Crippen LogP contribution is -2.00. The first kappa shape index (κ1) is 27.9. The van der Waals surface area contributed by atoms with Crippen LogP contribution in [0.25, 0.3) is 88.4 Å². The number of benzene rings is 8. The van der Waals surface area contributed by atoms with Crippen LogP contribution in [0.5, 0.6) is 0 Å². The van der Waals surface area contributed by atoms with Crippen molar-refractivity contribution in [2.45, 2.75) is 12.8 Å². The van der Waals surface area contributed by atoms with Crippen molar-refractivity contribution in [3.8, 4) is 39.1 Å². The molecule has 49 heavy (non-hydrogen) atoms. The second-order valence-corrected chi connectivity index (χ2v) is 13.3. The van der Waals surface area contributed by atoms with Crippen LogP contribution in [0, 0.1) is 0 Å². The zero-order valence-electron chi connectivity index (χ0n) is 27.1. The van der Waals surface area contributed by atoms with E-state index in [4.69, 9.17) is 0 Å². The number of aryl methyl sites for hydroxylation is 1. The second kappa shape index (κ2) is 11.2. The van der Waals surface area contributed by atoms with Gasteiger partial charge in [-0.2, -0.15) is 0 Å². The summed E-state index contributed by atoms with van der Waals surface area (Å²) >= 11 is 0. The number of rotatable bonds is 4. The van der Waals surface area contributed by atoms with Crippen molar-refractivity contribution in [2.75, 3.05) is 0 Å². The van der Waals surface area contributed by atoms with E-state index in [9.17, 15) is 0 Å². The maximum Gasteiger partial charge on any atom is 0.0537 e. The van der Waals surface area contributed by atoms with Gasteiger partial charge in [0.15, 0.2) is 0 Å². The number of hydrogen-bond acceptors (Lipinski definition) is 0. The summed E-state index contributed by atoms with van der Waals surface area (Å²) in [6, 6.07) is 60.4. The second-order valence-electron chi connectivity index (χ2n) is 13.3. The van der Waals surface area contributed by atoms with Crippen LogP contribution in [0.3, 0.4) is 0 Å². The first-order chi connectivity index (χ1) is 24.3. The molecule has 0 aliphatic heterocycles. The molecule has 8 aromatic carbocycles. The Labute approximate surface area is 286 Å². The van der Waals surface area contributed by atoms with Gasteiger partial charge < -0.3 is 4.57 Å². The van der Waals surface area contributed by atoms with E-state index in [1.165, 1.54) is 93.5 Å². The van der Waals surface area contributed by atoms with Gasteiger partial charge in [0.2, 0.25) is 0 Å². The molecule has 1 heteroatoms. The minimum atomic E-state index is 1.10. The Balaban J connectivity index is 1.02. The molecule has 230 valence electrons. The number of allylic oxidation sites excluding steroid dienone is 1. The lowest BCUT2D eigenvalue weighted by molar-refractivity contribution is 0.967. The first-order valence-corrected chi connectivity index (χ1v) is 17.2. The molecule has 0 saturated carbocycles. The molecule has 0 N–H and O–H groups in total. The summed E-state index contributed by atoms with van der Waals surface area (Å²) in [7, 11) is 0. The summed E-state index contributed by atoms with van der Waals surface area (Å²) in [4.78, 5) is 0. The van der Waals surface area contributed by atoms with Gasteiger partial charge in [-0.15, -0.1) is 0 Å². The van der Waals surface area contributed by atoms with Gasteiger partial charge in [0.1, 0.15) is 0 Å². The fourth-order valence-corrected chi connectivity index (χ4v) is 8.02. The molecular weight excluding hydrogens is 591 g/mol. The molecule has 1 aliphatic rings. The van der Waals surface area contributed by atoms with Crippen molar-refractivity contribution in [3.05, 3.63) is 181 Å². The standard InChI is InChI=1S/C48H33N/c1-2-10-33(11-3-1)45-30-34-12-4-5-13-35(34)31-46(45)39-23-27-42-38(29-39)19-18-37-28-36(22-26-41(37)42)32-20-24-40(25-21-32)49-47-16-8-6-14-43(47)44-15-7-9-17-48(44)49/h1-6,8-14,16-31H,7,15H2. The molecule has 1 heterocycles. The van der Waals surface area contributed by atoms with Crippen LogP contribution >= 0.6 is 0 Å². The number of aromatic nitrogens is 1. The summed E-state index contributed by atoms with van der Waals surface area (Å²) in [5.41, 5.74) is 12.7. The molecular formula is C48H33N. The minimum Gasteiger partial charge on any atom is -0.310 e. The van der Waals surface area contributed by atoms with Crippen LogP contribution in [0.15, 0.2) is 170 Å². The molecule has 1 aliphatic carbocycles. The van der Waals surface area contributed by atoms with E-state index in [1.54, 1.807) is 0 Å². The van der Waals surface area contributed by atoms with Crippen molar-refractivity contribution in [2.24, 2.45) is 0 Å². The van der Waals surface area contributed by atoms with Crippen LogP contribution < -0.4 is 0 Å². The highest BCUT2D eigenvalue weighted by molar-refractivity contribution is 6.10. The average molecular weight is 624 g/mol. The van der Waals surface area contributed by atoms with Gasteiger partial charge in [0.05, 0.1) is 5.52 Å². The Kier molecular flexibility index (Phi) is 6.38. The van der Waals surface area contributed by atoms with E-state index in [0.29, 0.717) is 0 Å². The number of nitrogens with zero attached hydrogens (tertiary/aromatic N) is 1. The lowest BCUT2D eigenvalue weighted by atomic mass is 9.90. The third kappa shape index (κ3) is 4.62. The third-order valence-electron chi connectivity index (χ3n) is 10.4. The smallest absolute Gasteiger partial charge is 0.0537 e. The van der Waals surface area contributed by atoms with Crippen LogP contribution in [0.1, 0.15) is 17.7 Å². The van der Waals surface area contributed by atoms with Crippen molar-refractivity contribution in [3.63, 3.8) is 0 Å². The molecule has 0 radical (unpaired) electrons. The highest BCUT2D eigenvalue weighted by Gasteiger charge is 2.18. The van der Waals surface area contributed by atoms with Gasteiger partial charge in [0.25, 0.3) is 0 Å². The van der Waals surface area contributed by atoms with Gasteiger partial charge >= 0.3 is 0 Å². The van der Waals surface area contributed by atoms with E-state index in [1.807, 2.05) is 0 Å². The zero-order valence-corrected chi connectivity index (χ0v) is 27.1. The van der Waals surface area contributed by atoms with Crippen LogP contribution in [-0.2, 0) is 6.42 Å². The van der Waals surface area contributed by atoms with Crippen LogP contribution in [0.2, 0.25) is 0 Å². The zero-order chi connectivity index (χ0) is 32.3. The van der Waals surface area contributed by atoms with E-state index in [-0.39, 0.29) is 0 Å². The van der Waals surface area contributed by atoms with Gasteiger partial charge in [-0.25, -0.2) is 0 Å². The molecule has 0 spiro atoms. The predicted octanol–water partition coefficient (Wildman–Crippen LogP) is 13.1. The van der Waals surface area contributed by atoms with E-state index in [2.05, 4.69) is 181 Å². The summed E-state index contributed by atoms with van der Waals surface area (Å²) in [5, 5.41) is 8.96. The van der Waals surface area contributed by atoms with Gasteiger partial charge in [0, 0.05) is 16.8 Å². The summed E-state index contributed by atoms with van der Waals surface area (Å²) in [5.74, 6) is 0. The van der Waals surface area contributed by atoms with Gasteiger partial charge in [-0.3, -0.25) is 0 Å². The quantitative estimate of drug-likeness (QED) is 0.172. The van der Waals surface area contributed by atoms with Crippen molar-refractivity contribution >= 4 is 49.3 Å². The number of para-hydroxylation sites is 1. The normalized spacial score (nSPS) is 12.7. The Hall–Kier alpha value is -6.18. The van der Waals surface area contributed by atoms with Crippen molar-refractivity contribution < 1.29 is 0 Å². The van der Waals surface area contributed by atoms with E-state index in [0.717, 1.165) is 12.8 Å². The fraction of sp³-hybridized carbons (Fsp3) is 0.0417. The molecule has 0 amide bonds. The maximum atomic E-state index is 2.42. The molecule has 10 rings (SSSR count). The van der Waals surface area contributed by atoms with E-state index >= 15 is 0 Å². The lowest BCUT2D eigenvalue weighted by Gasteiger charge is -2.14. The third-order valence-corrected chi connectivity index (χ3v) is 10.4. The summed E-state index contributed by atoms with van der Waals surface area (Å²) < 4.78 is 2.42. The molecule has 0 atom stereocenters. The van der Waals surface area contributed by atoms with Crippen LogP contribution in [-0.4, -0.2) is 4.57 Å². The minimum absolute atomic E-state index is 1.10. The molecule has 1 aromatic heterocycles. The monoisotopic (exact) mass is 623 g/mol. The van der Waals surface area contributed by atoms with E-state index < -0.39 is 0 Å². The molecule has 0 fully saturated rings. The van der Waals surface area contributed by atoms with Crippen LogP contribution in [0.4, 0.5) is 0 Å². The predicted molar refractivity (Wildman–Crippen MR) is 209 cm³/mol. The Bertz CT molecular complexity index is 2740. The summed E-state index contributed by atoms with van der Waals surface area (Å²) in [6.07, 6.45) is 6.81. The largest absolute Gasteiger partial charge is 0.310 e. The Morgan fingerprint density at radius 2 is 1.02 bits per heavy atom. The highest BCUT2D eigenvalue weighted by Crippen LogP contribution is 2.39. The fourth-order valence-electron chi connectivity index (χ4n) is 8.02. The molecule has 0 unspecified atom stereocenters. The average Bonchev–Trinajstić information content (AvgIpc) is 3.51. The molecule has 0 bridgehead atoms. The topological polar surface area (TPSA) is 4.93 Å². The maximum absolute atomic E-state index is 2.42. The van der Waals surface area contributed by atoms with Crippen molar-refractivity contribution in [1.29, 1.82) is 0 Å². The van der Waals surface area contributed by atoms with Gasteiger partial charge in [-0.05, 0) is 133 Å². The highest BCUT2D eigenvalue weighted by atomic mass is 15.0. The van der Waals surface area contributed by atoms with Crippen molar-refractivity contribution in [1.82, 2.24) is 4.57 Å². The first-order valence-electron chi connectivity index (χ1n) is 17.2. The molecule has 9 aromatic rings. The summed E-state index contributed by atoms with van der Waals surface area (Å²) in [6.45, 7) is 0.